The van der Waals surface area contributed by atoms with E-state index in [0.29, 0.717) is 36.8 Å². The predicted octanol–water partition coefficient (Wildman–Crippen LogP) is 4.50. The van der Waals surface area contributed by atoms with Crippen molar-refractivity contribution in [2.75, 3.05) is 23.3 Å². The van der Waals surface area contributed by atoms with E-state index in [1.165, 1.54) is 60.7 Å². The average Bonchev–Trinajstić information content (AvgIpc) is 3.05. The van der Waals surface area contributed by atoms with Crippen LogP contribution < -0.4 is 24.2 Å². The Morgan fingerprint density at radius 1 is 0.912 bits per heavy atom. The molecule has 2 N–H and O–H groups in total. The predicted molar refractivity (Wildman–Crippen MR) is 120 cm³/mol. The molecule has 3 aromatic carbocycles. The van der Waals surface area contributed by atoms with Crippen molar-refractivity contribution < 1.29 is 36.2 Å². The Hall–Kier alpha value is -3.86. The normalized spacial score (nSPS) is 13.1. The first-order chi connectivity index (χ1) is 16.3. The van der Waals surface area contributed by atoms with Crippen LogP contribution in [-0.4, -0.2) is 34.2 Å². The molecule has 0 saturated heterocycles. The van der Waals surface area contributed by atoms with Gasteiger partial charge in [0.15, 0.2) is 11.5 Å². The van der Waals surface area contributed by atoms with Gasteiger partial charge < -0.3 is 19.5 Å². The first-order valence-electron chi connectivity index (χ1n) is 10.2. The summed E-state index contributed by atoms with van der Waals surface area (Å²) in [6, 6.07) is 15.7. The summed E-state index contributed by atoms with van der Waals surface area (Å²) >= 11 is 0. The molecule has 11 heteroatoms. The number of ether oxygens (including phenoxy) is 3. The number of hydrogen-bond donors (Lipinski definition) is 2. The molecule has 0 aromatic heterocycles. The second-order valence-corrected chi connectivity index (χ2v) is 8.88. The number of alkyl halides is 2. The summed E-state index contributed by atoms with van der Waals surface area (Å²) in [5.74, 6) is 0.173. The van der Waals surface area contributed by atoms with Crippen molar-refractivity contribution in [1.29, 1.82) is 0 Å². The summed E-state index contributed by atoms with van der Waals surface area (Å²) in [5, 5.41) is 2.61. The molecule has 4 rings (SSSR count). The second kappa shape index (κ2) is 9.96. The third-order valence-electron chi connectivity index (χ3n) is 4.75. The fourth-order valence-electron chi connectivity index (χ4n) is 3.16. The van der Waals surface area contributed by atoms with Gasteiger partial charge in [0.2, 0.25) is 0 Å². The van der Waals surface area contributed by atoms with Gasteiger partial charge in [0, 0.05) is 29.4 Å². The largest absolute Gasteiger partial charge is 0.490 e. The Morgan fingerprint density at radius 3 is 2.35 bits per heavy atom. The van der Waals surface area contributed by atoms with Gasteiger partial charge in [-0.2, -0.15) is 8.78 Å². The van der Waals surface area contributed by atoms with E-state index in [2.05, 4.69) is 14.8 Å². The number of amides is 1. The minimum Gasteiger partial charge on any atom is -0.490 e. The lowest BCUT2D eigenvalue weighted by molar-refractivity contribution is -0.0498. The molecule has 0 bridgehead atoms. The van der Waals surface area contributed by atoms with Crippen LogP contribution in [0.5, 0.6) is 17.2 Å². The summed E-state index contributed by atoms with van der Waals surface area (Å²) in [4.78, 5) is 12.4. The molecular weight excluding hydrogens is 470 g/mol. The molecule has 1 aliphatic rings. The molecule has 0 radical (unpaired) electrons. The molecule has 34 heavy (non-hydrogen) atoms. The second-order valence-electron chi connectivity index (χ2n) is 7.20. The van der Waals surface area contributed by atoms with Gasteiger partial charge in [0.1, 0.15) is 5.75 Å². The van der Waals surface area contributed by atoms with Crippen LogP contribution in [0.3, 0.4) is 0 Å². The number of rotatable bonds is 7. The number of hydrogen-bond acceptors (Lipinski definition) is 6. The van der Waals surface area contributed by atoms with E-state index in [4.69, 9.17) is 9.47 Å². The van der Waals surface area contributed by atoms with Crippen LogP contribution >= 0.6 is 0 Å². The maximum Gasteiger partial charge on any atom is 0.387 e. The van der Waals surface area contributed by atoms with Crippen molar-refractivity contribution in [1.82, 2.24) is 0 Å². The number of halogens is 2. The minimum atomic E-state index is -3.90. The highest BCUT2D eigenvalue weighted by Crippen LogP contribution is 2.32. The Balaban J connectivity index is 1.43. The number of sulfonamides is 1. The molecule has 8 nitrogen and oxygen atoms in total. The van der Waals surface area contributed by atoms with Gasteiger partial charge in [-0.3, -0.25) is 9.52 Å². The smallest absolute Gasteiger partial charge is 0.387 e. The number of carbonyl (C=O) groups excluding carboxylic acids is 1. The van der Waals surface area contributed by atoms with E-state index < -0.39 is 22.5 Å². The van der Waals surface area contributed by atoms with Gasteiger partial charge in [-0.1, -0.05) is 6.07 Å². The Bertz CT molecular complexity index is 1280. The van der Waals surface area contributed by atoms with Crippen LogP contribution in [0.25, 0.3) is 0 Å². The lowest BCUT2D eigenvalue weighted by Crippen LogP contribution is -2.14. The molecule has 1 aliphatic heterocycles. The first kappa shape index (κ1) is 23.3. The Morgan fingerprint density at radius 2 is 1.62 bits per heavy atom. The molecule has 178 valence electrons. The minimum absolute atomic E-state index is 0.0139. The summed E-state index contributed by atoms with van der Waals surface area (Å²) in [6.45, 7) is -2.07. The summed E-state index contributed by atoms with van der Waals surface area (Å²) in [6.07, 6.45) is 0.701. The quantitative estimate of drug-likeness (QED) is 0.506. The van der Waals surface area contributed by atoms with E-state index >= 15 is 0 Å². The zero-order valence-corrected chi connectivity index (χ0v) is 18.5. The van der Waals surface area contributed by atoms with E-state index in [1.807, 2.05) is 0 Å². The fourth-order valence-corrected chi connectivity index (χ4v) is 4.24. The van der Waals surface area contributed by atoms with Crippen LogP contribution in [0, 0.1) is 0 Å². The zero-order chi connectivity index (χ0) is 24.1. The Labute approximate surface area is 194 Å². The number of carbonyl (C=O) groups is 1. The molecular formula is C23H20F2N2O6S. The van der Waals surface area contributed by atoms with Crippen LogP contribution in [0.15, 0.2) is 71.6 Å². The van der Waals surface area contributed by atoms with Gasteiger partial charge >= 0.3 is 6.61 Å². The molecule has 0 unspecified atom stereocenters. The molecule has 0 aliphatic carbocycles. The van der Waals surface area contributed by atoms with Crippen molar-refractivity contribution in [2.24, 2.45) is 0 Å². The van der Waals surface area contributed by atoms with Gasteiger partial charge in [-0.05, 0) is 54.6 Å². The lowest BCUT2D eigenvalue weighted by atomic mass is 10.2. The third kappa shape index (κ3) is 5.73. The molecule has 3 aromatic rings. The molecule has 1 amide bonds. The van der Waals surface area contributed by atoms with Gasteiger partial charge in [0.25, 0.3) is 15.9 Å². The topological polar surface area (TPSA) is 103 Å². The lowest BCUT2D eigenvalue weighted by Gasteiger charge is -2.12. The summed E-state index contributed by atoms with van der Waals surface area (Å²) in [5.41, 5.74) is 0.776. The van der Waals surface area contributed by atoms with Crippen LogP contribution in [-0.2, 0) is 10.0 Å². The van der Waals surface area contributed by atoms with Crippen molar-refractivity contribution in [3.8, 4) is 17.2 Å². The Kier molecular flexibility index (Phi) is 6.82. The maximum absolute atomic E-state index is 12.8. The van der Waals surface area contributed by atoms with Crippen LogP contribution in [0.2, 0.25) is 0 Å². The monoisotopic (exact) mass is 490 g/mol. The molecule has 0 saturated carbocycles. The SMILES string of the molecule is O=C(Nc1ccc(NS(=O)(=O)c2ccc3c(c2)OCCCO3)cc1)c1cccc(OC(F)F)c1. The van der Waals surface area contributed by atoms with Gasteiger partial charge in [0.05, 0.1) is 18.1 Å². The zero-order valence-electron chi connectivity index (χ0n) is 17.7. The summed E-state index contributed by atoms with van der Waals surface area (Å²) in [7, 11) is -3.90. The van der Waals surface area contributed by atoms with Crippen LogP contribution in [0.4, 0.5) is 20.2 Å². The number of benzene rings is 3. The van der Waals surface area contributed by atoms with E-state index in [-0.39, 0.29) is 21.9 Å². The number of nitrogens with one attached hydrogen (secondary N) is 2. The highest BCUT2D eigenvalue weighted by molar-refractivity contribution is 7.92. The number of anilines is 2. The molecule has 0 fully saturated rings. The highest BCUT2D eigenvalue weighted by Gasteiger charge is 2.19. The van der Waals surface area contributed by atoms with Crippen molar-refractivity contribution in [3.63, 3.8) is 0 Å². The average molecular weight is 490 g/mol. The maximum atomic E-state index is 12.8. The highest BCUT2D eigenvalue weighted by atomic mass is 32.2. The molecule has 0 spiro atoms. The number of fused-ring (bicyclic) bond motifs is 1. The first-order valence-corrected chi connectivity index (χ1v) is 11.7. The van der Waals surface area contributed by atoms with Crippen molar-refractivity contribution in [3.05, 3.63) is 72.3 Å². The van der Waals surface area contributed by atoms with E-state index in [0.717, 1.165) is 0 Å². The van der Waals surface area contributed by atoms with Crippen molar-refractivity contribution in [2.45, 2.75) is 17.9 Å². The van der Waals surface area contributed by atoms with E-state index in [1.54, 1.807) is 6.07 Å². The fraction of sp³-hybridized carbons (Fsp3) is 0.174. The standard InChI is InChI=1S/C23H20F2N2O6S/c24-23(25)33-18-4-1-3-15(13-18)22(28)26-16-5-7-17(8-6-16)27-34(29,30)19-9-10-20-21(14-19)32-12-2-11-31-20/h1,3-10,13-14,23,27H,2,11-12H2,(H,26,28). The molecule has 1 heterocycles. The van der Waals surface area contributed by atoms with Gasteiger partial charge in [-0.15, -0.1) is 0 Å². The molecule has 0 atom stereocenters. The van der Waals surface area contributed by atoms with Crippen molar-refractivity contribution >= 4 is 27.3 Å². The summed E-state index contributed by atoms with van der Waals surface area (Å²) < 4.78 is 68.2. The van der Waals surface area contributed by atoms with E-state index in [9.17, 15) is 22.0 Å². The third-order valence-corrected chi connectivity index (χ3v) is 6.12. The van der Waals surface area contributed by atoms with Gasteiger partial charge in [-0.25, -0.2) is 8.42 Å². The van der Waals surface area contributed by atoms with Crippen LogP contribution in [0.1, 0.15) is 16.8 Å².